The fourth-order valence-electron chi connectivity index (χ4n) is 3.88. The van der Waals surface area contributed by atoms with Crippen molar-refractivity contribution in [3.8, 4) is 0 Å². The Bertz CT molecular complexity index is 717. The van der Waals surface area contributed by atoms with Gasteiger partial charge in [0.05, 0.1) is 25.4 Å². The van der Waals surface area contributed by atoms with Gasteiger partial charge in [0.2, 0.25) is 5.91 Å². The summed E-state index contributed by atoms with van der Waals surface area (Å²) >= 11 is 0. The topological polar surface area (TPSA) is 66.0 Å². The minimum absolute atomic E-state index is 0.0298. The maximum atomic E-state index is 12.0. The number of benzene rings is 1. The summed E-state index contributed by atoms with van der Waals surface area (Å²) in [7, 11) is 0. The van der Waals surface area contributed by atoms with Crippen molar-refractivity contribution in [3.63, 3.8) is 0 Å². The molecule has 0 radical (unpaired) electrons. The number of nitrogens with one attached hydrogen (secondary N) is 1. The average molecular weight is 402 g/mol. The molecule has 2 saturated heterocycles. The molecule has 0 unspecified atom stereocenters. The van der Waals surface area contributed by atoms with E-state index in [1.54, 1.807) is 6.08 Å². The van der Waals surface area contributed by atoms with E-state index in [1.165, 1.54) is 6.92 Å². The zero-order valence-corrected chi connectivity index (χ0v) is 17.4. The Morgan fingerprint density at radius 2 is 2.10 bits per heavy atom. The first-order chi connectivity index (χ1) is 13.9. The van der Waals surface area contributed by atoms with Gasteiger partial charge in [0.1, 0.15) is 6.10 Å². The molecule has 5 atom stereocenters. The Kier molecular flexibility index (Phi) is 7.24. The van der Waals surface area contributed by atoms with Gasteiger partial charge in [-0.2, -0.15) is 0 Å². The van der Waals surface area contributed by atoms with Crippen LogP contribution in [-0.4, -0.2) is 42.8 Å². The number of amides is 1. The molecule has 0 saturated carbocycles. The molecule has 1 aromatic rings. The van der Waals surface area contributed by atoms with Crippen molar-refractivity contribution in [2.24, 2.45) is 5.92 Å². The first kappa shape index (κ1) is 21.7. The molecule has 2 aliphatic heterocycles. The van der Waals surface area contributed by atoms with E-state index in [2.05, 4.69) is 11.9 Å². The molecule has 6 heteroatoms. The van der Waals surface area contributed by atoms with Crippen molar-refractivity contribution in [2.75, 3.05) is 6.61 Å². The molecule has 29 heavy (non-hydrogen) atoms. The van der Waals surface area contributed by atoms with Crippen molar-refractivity contribution in [1.82, 2.24) is 5.32 Å². The summed E-state index contributed by atoms with van der Waals surface area (Å²) in [6.45, 7) is 9.83. The fourth-order valence-corrected chi connectivity index (χ4v) is 3.88. The predicted octanol–water partition coefficient (Wildman–Crippen LogP) is 3.33. The van der Waals surface area contributed by atoms with Gasteiger partial charge in [-0.15, -0.1) is 0 Å². The van der Waals surface area contributed by atoms with Crippen LogP contribution in [-0.2, 0) is 30.3 Å². The quantitative estimate of drug-likeness (QED) is 0.710. The zero-order valence-electron chi connectivity index (χ0n) is 17.4. The Balaban J connectivity index is 1.83. The smallest absolute Gasteiger partial charge is 0.217 e. The van der Waals surface area contributed by atoms with Crippen LogP contribution >= 0.6 is 0 Å². The van der Waals surface area contributed by atoms with Crippen molar-refractivity contribution >= 4 is 5.91 Å². The van der Waals surface area contributed by atoms with Crippen LogP contribution in [0.1, 0.15) is 32.8 Å². The molecule has 0 bridgehead atoms. The summed E-state index contributed by atoms with van der Waals surface area (Å²) < 4.78 is 24.4. The van der Waals surface area contributed by atoms with Gasteiger partial charge >= 0.3 is 0 Å². The summed E-state index contributed by atoms with van der Waals surface area (Å²) in [5, 5.41) is 3.04. The van der Waals surface area contributed by atoms with E-state index >= 15 is 0 Å². The third-order valence-electron chi connectivity index (χ3n) is 5.17. The third-order valence-corrected chi connectivity index (χ3v) is 5.17. The van der Waals surface area contributed by atoms with Gasteiger partial charge < -0.3 is 24.3 Å². The summed E-state index contributed by atoms with van der Waals surface area (Å²) in [6.07, 6.45) is 5.29. The summed E-state index contributed by atoms with van der Waals surface area (Å²) in [6, 6.07) is 9.55. The number of fused-ring (bicyclic) bond motifs is 1. The average Bonchev–Trinajstić information content (AvgIpc) is 2.68. The molecule has 3 rings (SSSR count). The van der Waals surface area contributed by atoms with Crippen LogP contribution in [0, 0.1) is 5.92 Å². The molecular formula is C23H31NO5. The largest absolute Gasteiger partial charge is 0.348 e. The van der Waals surface area contributed by atoms with Crippen molar-refractivity contribution < 1.29 is 23.7 Å². The standard InChI is InChI=1S/C23H31NO5/c1-5-6-8-13-18-20(24-16(2)25)22(26-14-17-11-9-7-10-12-17)28-19-15-27-23(3,4)29-21(18)19/h5-12,18-22H,1,13-15H2,2-4H3,(H,24,25)/b8-6+/t18-,19-,20-,21+,22+/m1/s1. The lowest BCUT2D eigenvalue weighted by atomic mass is 9.83. The lowest BCUT2D eigenvalue weighted by Crippen LogP contribution is -2.65. The van der Waals surface area contributed by atoms with Crippen LogP contribution in [0.15, 0.2) is 55.1 Å². The van der Waals surface area contributed by atoms with Gasteiger partial charge in [-0.1, -0.05) is 55.1 Å². The van der Waals surface area contributed by atoms with Crippen molar-refractivity contribution in [1.29, 1.82) is 0 Å². The summed E-state index contributed by atoms with van der Waals surface area (Å²) in [5.41, 5.74) is 1.04. The molecule has 2 heterocycles. The molecule has 0 aliphatic carbocycles. The first-order valence-corrected chi connectivity index (χ1v) is 10.1. The normalized spacial score (nSPS) is 31.2. The molecule has 2 fully saturated rings. The summed E-state index contributed by atoms with van der Waals surface area (Å²) in [4.78, 5) is 12.0. The molecule has 6 nitrogen and oxygen atoms in total. The van der Waals surface area contributed by atoms with E-state index in [1.807, 2.05) is 56.3 Å². The highest BCUT2D eigenvalue weighted by atomic mass is 16.8. The number of rotatable bonds is 7. The van der Waals surface area contributed by atoms with Crippen LogP contribution in [0.2, 0.25) is 0 Å². The number of hydrogen-bond donors (Lipinski definition) is 1. The number of carbonyl (C=O) groups excluding carboxylic acids is 1. The van der Waals surface area contributed by atoms with E-state index in [4.69, 9.17) is 18.9 Å². The van der Waals surface area contributed by atoms with Crippen LogP contribution in [0.3, 0.4) is 0 Å². The number of carbonyl (C=O) groups is 1. The van der Waals surface area contributed by atoms with Crippen LogP contribution in [0.25, 0.3) is 0 Å². The van der Waals surface area contributed by atoms with E-state index in [0.29, 0.717) is 19.6 Å². The predicted molar refractivity (Wildman–Crippen MR) is 110 cm³/mol. The number of ether oxygens (including phenoxy) is 4. The molecule has 0 aromatic heterocycles. The molecule has 158 valence electrons. The molecule has 1 amide bonds. The minimum atomic E-state index is -0.705. The highest BCUT2D eigenvalue weighted by Gasteiger charge is 2.51. The molecule has 1 N–H and O–H groups in total. The first-order valence-electron chi connectivity index (χ1n) is 10.1. The molecule has 1 aromatic carbocycles. The Labute approximate surface area is 172 Å². The van der Waals surface area contributed by atoms with E-state index in [0.717, 1.165) is 5.56 Å². The van der Waals surface area contributed by atoms with Crippen molar-refractivity contribution in [3.05, 3.63) is 60.7 Å². The van der Waals surface area contributed by atoms with Crippen LogP contribution in [0.5, 0.6) is 0 Å². The van der Waals surface area contributed by atoms with Gasteiger partial charge in [0.25, 0.3) is 0 Å². The second-order valence-corrected chi connectivity index (χ2v) is 7.92. The van der Waals surface area contributed by atoms with Crippen LogP contribution < -0.4 is 5.32 Å². The van der Waals surface area contributed by atoms with E-state index < -0.39 is 12.1 Å². The SMILES string of the molecule is C=C/C=C/C[C@@H]1[C@@H](NC(C)=O)[C@@H](OCc2ccccc2)O[C@@H]2COC(C)(C)O[C@@H]12. The van der Waals surface area contributed by atoms with Gasteiger partial charge in [0, 0.05) is 12.8 Å². The molecular weight excluding hydrogens is 370 g/mol. The van der Waals surface area contributed by atoms with Gasteiger partial charge in [-0.05, 0) is 25.8 Å². The van der Waals surface area contributed by atoms with E-state index in [9.17, 15) is 4.79 Å². The highest BCUT2D eigenvalue weighted by molar-refractivity contribution is 5.73. The lowest BCUT2D eigenvalue weighted by molar-refractivity contribution is -0.363. The highest BCUT2D eigenvalue weighted by Crippen LogP contribution is 2.38. The number of hydrogen-bond acceptors (Lipinski definition) is 5. The Morgan fingerprint density at radius 3 is 2.79 bits per heavy atom. The maximum absolute atomic E-state index is 12.0. The molecule has 2 aliphatic rings. The van der Waals surface area contributed by atoms with Gasteiger partial charge in [0.15, 0.2) is 12.1 Å². The zero-order chi connectivity index (χ0) is 20.9. The summed E-state index contributed by atoms with van der Waals surface area (Å²) in [5.74, 6) is -0.865. The maximum Gasteiger partial charge on any atom is 0.217 e. The fraction of sp³-hybridized carbons (Fsp3) is 0.522. The minimum Gasteiger partial charge on any atom is -0.348 e. The lowest BCUT2D eigenvalue weighted by Gasteiger charge is -2.51. The second kappa shape index (κ2) is 9.67. The second-order valence-electron chi connectivity index (χ2n) is 7.92. The Morgan fingerprint density at radius 1 is 1.34 bits per heavy atom. The van der Waals surface area contributed by atoms with Gasteiger partial charge in [-0.25, -0.2) is 0 Å². The molecule has 0 spiro atoms. The van der Waals surface area contributed by atoms with E-state index in [-0.39, 0.29) is 30.1 Å². The van der Waals surface area contributed by atoms with Crippen LogP contribution in [0.4, 0.5) is 0 Å². The Hall–Kier alpha value is -1.99. The third kappa shape index (κ3) is 5.76. The van der Waals surface area contributed by atoms with Gasteiger partial charge in [-0.3, -0.25) is 4.79 Å². The number of allylic oxidation sites excluding steroid dienone is 3. The van der Waals surface area contributed by atoms with Crippen molar-refractivity contribution in [2.45, 2.75) is 64.1 Å². The monoisotopic (exact) mass is 401 g/mol.